The summed E-state index contributed by atoms with van der Waals surface area (Å²) in [6.07, 6.45) is 0.0880. The Morgan fingerprint density at radius 3 is 3.10 bits per heavy atom. The van der Waals surface area contributed by atoms with E-state index in [1.165, 1.54) is 0 Å². The zero-order valence-electron chi connectivity index (χ0n) is 12.8. The summed E-state index contributed by atoms with van der Waals surface area (Å²) in [4.78, 5) is 15.3. The van der Waals surface area contributed by atoms with Crippen molar-refractivity contribution in [3.8, 4) is 0 Å². The maximum absolute atomic E-state index is 11.8. The molecule has 1 saturated heterocycles. The number of morpholine rings is 1. The summed E-state index contributed by atoms with van der Waals surface area (Å²) >= 11 is 1.64. The van der Waals surface area contributed by atoms with Gasteiger partial charge in [-0.25, -0.2) is 4.79 Å². The molecule has 1 unspecified atom stereocenters. The fraction of sp³-hybridized carbons (Fsp3) is 0.667. The van der Waals surface area contributed by atoms with Gasteiger partial charge in [-0.3, -0.25) is 4.90 Å². The molecule has 118 valence electrons. The minimum atomic E-state index is -0.131. The van der Waals surface area contributed by atoms with Gasteiger partial charge in [-0.05, 0) is 17.4 Å². The summed E-state index contributed by atoms with van der Waals surface area (Å²) < 4.78 is 5.71. The number of hydrogen-bond acceptors (Lipinski definition) is 4. The highest BCUT2D eigenvalue weighted by molar-refractivity contribution is 7.09. The van der Waals surface area contributed by atoms with Crippen LogP contribution in [0, 0.1) is 5.92 Å². The Balaban J connectivity index is 1.63. The second-order valence-electron chi connectivity index (χ2n) is 5.79. The Kier molecular flexibility index (Phi) is 6.48. The van der Waals surface area contributed by atoms with Crippen molar-refractivity contribution >= 4 is 17.4 Å². The standard InChI is InChI=1S/C15H25N3O2S/c1-12(2)10-18-5-6-20-13(11-18)8-16-15(19)17-9-14-4-3-7-21-14/h3-4,7,12-13H,5-6,8-11H2,1-2H3,(H2,16,17,19). The molecule has 5 nitrogen and oxygen atoms in total. The summed E-state index contributed by atoms with van der Waals surface area (Å²) in [5, 5.41) is 7.76. The number of amides is 2. The van der Waals surface area contributed by atoms with Gasteiger partial charge in [0.1, 0.15) is 0 Å². The van der Waals surface area contributed by atoms with Crippen molar-refractivity contribution in [3.05, 3.63) is 22.4 Å². The van der Waals surface area contributed by atoms with Crippen molar-refractivity contribution in [2.75, 3.05) is 32.8 Å². The summed E-state index contributed by atoms with van der Waals surface area (Å²) in [6.45, 7) is 9.30. The lowest BCUT2D eigenvalue weighted by atomic mass is 10.2. The lowest BCUT2D eigenvalue weighted by Gasteiger charge is -2.33. The monoisotopic (exact) mass is 311 g/mol. The third kappa shape index (κ3) is 6.03. The molecule has 2 heterocycles. The number of hydrogen-bond donors (Lipinski definition) is 2. The van der Waals surface area contributed by atoms with E-state index in [0.29, 0.717) is 19.0 Å². The molecule has 2 rings (SSSR count). The molecular formula is C15H25N3O2S. The third-order valence-electron chi connectivity index (χ3n) is 3.34. The number of carbonyl (C=O) groups is 1. The minimum absolute atomic E-state index is 0.0880. The molecule has 0 aliphatic carbocycles. The van der Waals surface area contributed by atoms with Gasteiger partial charge in [-0.1, -0.05) is 19.9 Å². The number of nitrogens with zero attached hydrogens (tertiary/aromatic N) is 1. The van der Waals surface area contributed by atoms with Crippen molar-refractivity contribution in [1.82, 2.24) is 15.5 Å². The first-order valence-corrected chi connectivity index (χ1v) is 8.39. The fourth-order valence-electron chi connectivity index (χ4n) is 2.44. The van der Waals surface area contributed by atoms with Gasteiger partial charge in [0.2, 0.25) is 0 Å². The van der Waals surface area contributed by atoms with Gasteiger partial charge in [0.15, 0.2) is 0 Å². The molecule has 0 aromatic carbocycles. The van der Waals surface area contributed by atoms with Gasteiger partial charge in [0.05, 0.1) is 19.3 Å². The van der Waals surface area contributed by atoms with Crippen LogP contribution in [-0.4, -0.2) is 49.8 Å². The molecule has 0 saturated carbocycles. The Labute approximate surface area is 130 Å². The first-order chi connectivity index (χ1) is 10.1. The molecule has 2 N–H and O–H groups in total. The van der Waals surface area contributed by atoms with E-state index in [4.69, 9.17) is 4.74 Å². The van der Waals surface area contributed by atoms with Gasteiger partial charge in [0, 0.05) is 31.1 Å². The number of ether oxygens (including phenoxy) is 1. The Hall–Kier alpha value is -1.11. The Morgan fingerprint density at radius 2 is 2.38 bits per heavy atom. The van der Waals surface area contributed by atoms with Crippen LogP contribution in [-0.2, 0) is 11.3 Å². The average Bonchev–Trinajstić information content (AvgIpc) is 2.96. The number of rotatable bonds is 6. The SMILES string of the molecule is CC(C)CN1CCOC(CNC(=O)NCc2cccs2)C1. The van der Waals surface area contributed by atoms with Gasteiger partial charge < -0.3 is 15.4 Å². The number of thiophene rings is 1. The van der Waals surface area contributed by atoms with Crippen LogP contribution in [0.25, 0.3) is 0 Å². The first kappa shape index (κ1) is 16.3. The van der Waals surface area contributed by atoms with Gasteiger partial charge in [-0.2, -0.15) is 0 Å². The van der Waals surface area contributed by atoms with E-state index in [1.54, 1.807) is 11.3 Å². The van der Waals surface area contributed by atoms with E-state index < -0.39 is 0 Å². The molecular weight excluding hydrogens is 286 g/mol. The highest BCUT2D eigenvalue weighted by Gasteiger charge is 2.21. The van der Waals surface area contributed by atoms with E-state index in [-0.39, 0.29) is 12.1 Å². The second-order valence-corrected chi connectivity index (χ2v) is 6.82. The maximum atomic E-state index is 11.8. The van der Waals surface area contributed by atoms with Crippen molar-refractivity contribution < 1.29 is 9.53 Å². The first-order valence-electron chi connectivity index (χ1n) is 7.51. The molecule has 1 aliphatic rings. The Morgan fingerprint density at radius 1 is 1.52 bits per heavy atom. The van der Waals surface area contributed by atoms with Gasteiger partial charge in [0.25, 0.3) is 0 Å². The van der Waals surface area contributed by atoms with Crippen LogP contribution < -0.4 is 10.6 Å². The van der Waals surface area contributed by atoms with Gasteiger partial charge in [-0.15, -0.1) is 11.3 Å². The van der Waals surface area contributed by atoms with E-state index in [1.807, 2.05) is 17.5 Å². The van der Waals surface area contributed by atoms with Crippen LogP contribution in [0.2, 0.25) is 0 Å². The fourth-order valence-corrected chi connectivity index (χ4v) is 3.08. The van der Waals surface area contributed by atoms with E-state index >= 15 is 0 Å². The smallest absolute Gasteiger partial charge is 0.315 e. The predicted octanol–water partition coefficient (Wildman–Crippen LogP) is 1.90. The average molecular weight is 311 g/mol. The van der Waals surface area contributed by atoms with Crippen LogP contribution in [0.1, 0.15) is 18.7 Å². The molecule has 1 aliphatic heterocycles. The molecule has 1 fully saturated rings. The van der Waals surface area contributed by atoms with Crippen molar-refractivity contribution in [3.63, 3.8) is 0 Å². The molecule has 0 spiro atoms. The number of urea groups is 1. The molecule has 2 amide bonds. The molecule has 1 aromatic heterocycles. The third-order valence-corrected chi connectivity index (χ3v) is 4.22. The number of carbonyl (C=O) groups excluding carboxylic acids is 1. The van der Waals surface area contributed by atoms with Crippen LogP contribution in [0.15, 0.2) is 17.5 Å². The van der Waals surface area contributed by atoms with E-state index in [0.717, 1.165) is 31.1 Å². The Bertz CT molecular complexity index is 423. The van der Waals surface area contributed by atoms with Crippen LogP contribution >= 0.6 is 11.3 Å². The lowest BCUT2D eigenvalue weighted by molar-refractivity contribution is -0.0290. The summed E-state index contributed by atoms with van der Waals surface area (Å²) in [6, 6.07) is 3.87. The zero-order chi connectivity index (χ0) is 15.1. The van der Waals surface area contributed by atoms with Crippen LogP contribution in [0.4, 0.5) is 4.79 Å². The quantitative estimate of drug-likeness (QED) is 0.844. The highest BCUT2D eigenvalue weighted by Crippen LogP contribution is 2.08. The van der Waals surface area contributed by atoms with Crippen molar-refractivity contribution in [2.24, 2.45) is 5.92 Å². The van der Waals surface area contributed by atoms with Crippen molar-refractivity contribution in [2.45, 2.75) is 26.5 Å². The molecule has 1 atom stereocenters. The molecule has 0 radical (unpaired) electrons. The zero-order valence-corrected chi connectivity index (χ0v) is 13.6. The largest absolute Gasteiger partial charge is 0.374 e. The maximum Gasteiger partial charge on any atom is 0.315 e. The molecule has 6 heteroatoms. The molecule has 21 heavy (non-hydrogen) atoms. The minimum Gasteiger partial charge on any atom is -0.374 e. The summed E-state index contributed by atoms with van der Waals surface area (Å²) in [7, 11) is 0. The van der Waals surface area contributed by atoms with Crippen molar-refractivity contribution in [1.29, 1.82) is 0 Å². The van der Waals surface area contributed by atoms with Gasteiger partial charge >= 0.3 is 6.03 Å². The highest BCUT2D eigenvalue weighted by atomic mass is 32.1. The summed E-state index contributed by atoms with van der Waals surface area (Å²) in [5.41, 5.74) is 0. The second kappa shape index (κ2) is 8.36. The molecule has 1 aromatic rings. The van der Waals surface area contributed by atoms with Crippen LogP contribution in [0.3, 0.4) is 0 Å². The normalized spacial score (nSPS) is 19.7. The number of nitrogens with one attached hydrogen (secondary N) is 2. The molecule has 0 bridgehead atoms. The summed E-state index contributed by atoms with van der Waals surface area (Å²) in [5.74, 6) is 0.658. The van der Waals surface area contributed by atoms with E-state index in [9.17, 15) is 4.79 Å². The topological polar surface area (TPSA) is 53.6 Å². The predicted molar refractivity (Wildman–Crippen MR) is 85.6 cm³/mol. The van der Waals surface area contributed by atoms with E-state index in [2.05, 4.69) is 29.4 Å². The van der Waals surface area contributed by atoms with Crippen LogP contribution in [0.5, 0.6) is 0 Å². The lowest BCUT2D eigenvalue weighted by Crippen LogP contribution is -2.49.